The topological polar surface area (TPSA) is 52.1 Å². The van der Waals surface area contributed by atoms with Gasteiger partial charge in [-0.3, -0.25) is 0 Å². The highest BCUT2D eigenvalue weighted by molar-refractivity contribution is 7.07. The third kappa shape index (κ3) is 2.68. The number of benzene rings is 1. The summed E-state index contributed by atoms with van der Waals surface area (Å²) in [4.78, 5) is 15.6. The van der Waals surface area contributed by atoms with Gasteiger partial charge in [0.1, 0.15) is 0 Å². The van der Waals surface area contributed by atoms with Gasteiger partial charge < -0.3 is 4.74 Å². The Morgan fingerprint density at radius 2 is 2.28 bits per heavy atom. The summed E-state index contributed by atoms with van der Waals surface area (Å²) in [6.45, 7) is 3.99. The van der Waals surface area contributed by atoms with Crippen molar-refractivity contribution in [1.29, 1.82) is 0 Å². The molecule has 0 atom stereocenters. The highest BCUT2D eigenvalue weighted by Gasteiger charge is 2.14. The van der Waals surface area contributed by atoms with Crippen molar-refractivity contribution in [1.82, 2.24) is 9.36 Å². The van der Waals surface area contributed by atoms with Gasteiger partial charge >= 0.3 is 5.97 Å². The largest absolute Gasteiger partial charge is 0.461 e. The number of carbonyl (C=O) groups is 1. The fourth-order valence-corrected chi connectivity index (χ4v) is 2.11. The van der Waals surface area contributed by atoms with Gasteiger partial charge in [0.25, 0.3) is 0 Å². The van der Waals surface area contributed by atoms with Crippen molar-refractivity contribution >= 4 is 29.1 Å². The van der Waals surface area contributed by atoms with Crippen LogP contribution < -0.4 is 0 Å². The first-order valence-corrected chi connectivity index (χ1v) is 6.54. The summed E-state index contributed by atoms with van der Waals surface area (Å²) in [5, 5.41) is 0.906. The van der Waals surface area contributed by atoms with Gasteiger partial charge in [-0.15, -0.1) is 0 Å². The maximum absolute atomic E-state index is 11.5. The lowest BCUT2D eigenvalue weighted by molar-refractivity contribution is 0.0526. The lowest BCUT2D eigenvalue weighted by atomic mass is 10.1. The Morgan fingerprint density at radius 3 is 2.94 bits per heavy atom. The molecule has 0 saturated heterocycles. The van der Waals surface area contributed by atoms with Crippen LogP contribution in [0.4, 0.5) is 0 Å². The van der Waals surface area contributed by atoms with Gasteiger partial charge in [0.15, 0.2) is 5.82 Å². The van der Waals surface area contributed by atoms with E-state index in [9.17, 15) is 4.79 Å². The molecule has 0 saturated carbocycles. The first-order valence-electron chi connectivity index (χ1n) is 5.39. The second-order valence-electron chi connectivity index (χ2n) is 3.61. The van der Waals surface area contributed by atoms with E-state index in [4.69, 9.17) is 16.3 Å². The Bertz CT molecular complexity index is 583. The summed E-state index contributed by atoms with van der Waals surface area (Å²) in [5.74, 6) is 0.0458. The molecular formula is C12H11ClN2O2S. The quantitative estimate of drug-likeness (QED) is 0.810. The Labute approximate surface area is 114 Å². The molecule has 0 spiro atoms. The third-order valence-electron chi connectivity index (χ3n) is 2.31. The summed E-state index contributed by atoms with van der Waals surface area (Å²) in [5.41, 5.74) is 1.78. The SMILES string of the molecule is CCOC(=O)c1nc(-c2ccc(C)c(Cl)c2)ns1. The van der Waals surface area contributed by atoms with E-state index in [0.29, 0.717) is 17.5 Å². The number of hydrogen-bond donors (Lipinski definition) is 0. The number of aryl methyl sites for hydroxylation is 1. The number of ether oxygens (including phenoxy) is 1. The Hall–Kier alpha value is -1.46. The first kappa shape index (κ1) is 13.0. The van der Waals surface area contributed by atoms with Crippen LogP contribution in [0.3, 0.4) is 0 Å². The zero-order chi connectivity index (χ0) is 13.1. The van der Waals surface area contributed by atoms with Crippen LogP contribution in [0, 0.1) is 6.92 Å². The van der Waals surface area contributed by atoms with E-state index in [1.807, 2.05) is 19.1 Å². The average molecular weight is 283 g/mol. The average Bonchev–Trinajstić information content (AvgIpc) is 2.82. The van der Waals surface area contributed by atoms with E-state index >= 15 is 0 Å². The number of carbonyl (C=O) groups excluding carboxylic acids is 1. The zero-order valence-corrected chi connectivity index (χ0v) is 11.5. The van der Waals surface area contributed by atoms with Crippen molar-refractivity contribution in [3.63, 3.8) is 0 Å². The van der Waals surface area contributed by atoms with Gasteiger partial charge in [-0.1, -0.05) is 23.7 Å². The molecule has 0 aliphatic rings. The summed E-state index contributed by atoms with van der Waals surface area (Å²) < 4.78 is 8.99. The Balaban J connectivity index is 2.29. The first-order chi connectivity index (χ1) is 8.61. The van der Waals surface area contributed by atoms with Crippen molar-refractivity contribution in [3.8, 4) is 11.4 Å². The Morgan fingerprint density at radius 1 is 1.50 bits per heavy atom. The number of rotatable bonds is 3. The maximum Gasteiger partial charge on any atom is 0.369 e. The molecule has 2 rings (SSSR count). The fourth-order valence-electron chi connectivity index (χ4n) is 1.35. The molecule has 0 unspecified atom stereocenters. The number of halogens is 1. The molecule has 6 heteroatoms. The smallest absolute Gasteiger partial charge is 0.369 e. The van der Waals surface area contributed by atoms with Crippen molar-refractivity contribution < 1.29 is 9.53 Å². The minimum Gasteiger partial charge on any atom is -0.461 e. The summed E-state index contributed by atoms with van der Waals surface area (Å²) >= 11 is 7.06. The van der Waals surface area contributed by atoms with E-state index in [-0.39, 0.29) is 5.01 Å². The van der Waals surface area contributed by atoms with Crippen LogP contribution in [0.15, 0.2) is 18.2 Å². The van der Waals surface area contributed by atoms with E-state index in [2.05, 4.69) is 9.36 Å². The van der Waals surface area contributed by atoms with Crippen LogP contribution in [-0.4, -0.2) is 21.9 Å². The molecule has 2 aromatic rings. The lowest BCUT2D eigenvalue weighted by Crippen LogP contribution is -2.03. The highest BCUT2D eigenvalue weighted by Crippen LogP contribution is 2.24. The van der Waals surface area contributed by atoms with Gasteiger partial charge in [-0.05, 0) is 37.0 Å². The van der Waals surface area contributed by atoms with Crippen LogP contribution in [0.1, 0.15) is 22.3 Å². The van der Waals surface area contributed by atoms with Gasteiger partial charge in [0.2, 0.25) is 5.01 Å². The molecule has 94 valence electrons. The van der Waals surface area contributed by atoms with Gasteiger partial charge in [-0.25, -0.2) is 9.78 Å². The zero-order valence-electron chi connectivity index (χ0n) is 9.94. The van der Waals surface area contributed by atoms with Gasteiger partial charge in [-0.2, -0.15) is 4.37 Å². The molecule has 1 aromatic heterocycles. The summed E-state index contributed by atoms with van der Waals surface area (Å²) in [6.07, 6.45) is 0. The summed E-state index contributed by atoms with van der Waals surface area (Å²) in [7, 11) is 0. The number of aromatic nitrogens is 2. The molecule has 0 aliphatic heterocycles. The maximum atomic E-state index is 11.5. The highest BCUT2D eigenvalue weighted by atomic mass is 35.5. The van der Waals surface area contributed by atoms with E-state index < -0.39 is 5.97 Å². The molecule has 0 bridgehead atoms. The molecule has 18 heavy (non-hydrogen) atoms. The predicted molar refractivity (Wildman–Crippen MR) is 71.0 cm³/mol. The third-order valence-corrected chi connectivity index (χ3v) is 3.41. The molecule has 4 nitrogen and oxygen atoms in total. The second-order valence-corrected chi connectivity index (χ2v) is 4.77. The molecule has 1 aromatic carbocycles. The van der Waals surface area contributed by atoms with Crippen molar-refractivity contribution in [2.75, 3.05) is 6.61 Å². The summed E-state index contributed by atoms with van der Waals surface area (Å²) in [6, 6.07) is 5.55. The minimum atomic E-state index is -0.445. The molecule has 1 heterocycles. The van der Waals surface area contributed by atoms with Crippen molar-refractivity contribution in [3.05, 3.63) is 33.8 Å². The van der Waals surface area contributed by atoms with Crippen molar-refractivity contribution in [2.45, 2.75) is 13.8 Å². The van der Waals surface area contributed by atoms with Gasteiger partial charge in [0, 0.05) is 10.6 Å². The van der Waals surface area contributed by atoms with Crippen LogP contribution in [-0.2, 0) is 4.74 Å². The fraction of sp³-hybridized carbons (Fsp3) is 0.250. The van der Waals surface area contributed by atoms with Crippen molar-refractivity contribution in [2.24, 2.45) is 0 Å². The number of esters is 1. The standard InChI is InChI=1S/C12H11ClN2O2S/c1-3-17-12(16)11-14-10(15-18-11)8-5-4-7(2)9(13)6-8/h4-6H,3H2,1-2H3. The van der Waals surface area contributed by atoms with E-state index in [1.54, 1.807) is 13.0 Å². The van der Waals surface area contributed by atoms with Crippen LogP contribution in [0.5, 0.6) is 0 Å². The lowest BCUT2D eigenvalue weighted by Gasteiger charge is -1.99. The molecule has 0 fully saturated rings. The second kappa shape index (κ2) is 5.46. The van der Waals surface area contributed by atoms with E-state index in [0.717, 1.165) is 22.7 Å². The molecule has 0 N–H and O–H groups in total. The van der Waals surface area contributed by atoms with Crippen LogP contribution in [0.25, 0.3) is 11.4 Å². The predicted octanol–water partition coefficient (Wildman–Crippen LogP) is 3.34. The Kier molecular flexibility index (Phi) is 3.93. The molecule has 0 amide bonds. The molecule has 0 aliphatic carbocycles. The monoisotopic (exact) mass is 282 g/mol. The normalized spacial score (nSPS) is 10.4. The van der Waals surface area contributed by atoms with Crippen LogP contribution >= 0.6 is 23.1 Å². The number of nitrogens with zero attached hydrogens (tertiary/aromatic N) is 2. The number of hydrogen-bond acceptors (Lipinski definition) is 5. The molecule has 0 radical (unpaired) electrons. The van der Waals surface area contributed by atoms with Gasteiger partial charge in [0.05, 0.1) is 6.61 Å². The van der Waals surface area contributed by atoms with Crippen LogP contribution in [0.2, 0.25) is 5.02 Å². The van der Waals surface area contributed by atoms with E-state index in [1.165, 1.54) is 0 Å². The minimum absolute atomic E-state index is 0.253. The molecular weight excluding hydrogens is 272 g/mol.